The number of rotatable bonds is 63. The van der Waals surface area contributed by atoms with E-state index in [0.717, 1.165) is 103 Å². The lowest BCUT2D eigenvalue weighted by atomic mass is 10.0. The van der Waals surface area contributed by atoms with Gasteiger partial charge >= 0.3 is 11.9 Å². The Morgan fingerprint density at radius 2 is 0.635 bits per heavy atom. The summed E-state index contributed by atoms with van der Waals surface area (Å²) in [5.74, 6) is -2.28. The number of aliphatic carboxylic acids is 1. The lowest BCUT2D eigenvalue weighted by molar-refractivity contribution is -0.870. The molecule has 0 aromatic rings. The Morgan fingerprint density at radius 3 is 0.941 bits per heavy atom. The zero-order chi connectivity index (χ0) is 61.9. The van der Waals surface area contributed by atoms with E-state index in [1.54, 1.807) is 0 Å². The molecule has 0 aliphatic carbocycles. The van der Waals surface area contributed by atoms with Crippen LogP contribution in [-0.4, -0.2) is 82.3 Å². The molecule has 0 bridgehead atoms. The summed E-state index contributed by atoms with van der Waals surface area (Å²) in [6, 6.07) is 0. The fourth-order valence-electron chi connectivity index (χ4n) is 9.47. The topological polar surface area (TPSA) is 111 Å². The van der Waals surface area contributed by atoms with E-state index < -0.39 is 24.3 Å². The van der Waals surface area contributed by atoms with Gasteiger partial charge in [-0.2, -0.15) is 0 Å². The van der Waals surface area contributed by atoms with Gasteiger partial charge in [-0.05, 0) is 103 Å². The van der Waals surface area contributed by atoms with Crippen LogP contribution in [0.15, 0.2) is 122 Å². The minimum Gasteiger partial charge on any atom is -0.545 e. The Labute approximate surface area is 523 Å². The molecule has 0 spiro atoms. The van der Waals surface area contributed by atoms with Crippen LogP contribution in [0, 0.1) is 0 Å². The molecule has 2 atom stereocenters. The number of likely N-dealkylation sites (N-methyl/N-ethyl adjacent to an activating group) is 1. The average Bonchev–Trinajstić information content (AvgIpc) is 3.49. The number of unbranched alkanes of at least 4 members (excludes halogenated alkanes) is 28. The van der Waals surface area contributed by atoms with Crippen LogP contribution in [0.3, 0.4) is 0 Å². The summed E-state index contributed by atoms with van der Waals surface area (Å²) < 4.78 is 22.8. The second-order valence-corrected chi connectivity index (χ2v) is 24.1. The molecule has 2 unspecified atom stereocenters. The molecule has 85 heavy (non-hydrogen) atoms. The standard InChI is InChI=1S/C76H129NO8/c1-6-8-10-12-14-16-18-20-22-24-26-28-30-32-34-35-36-37-38-39-41-43-45-47-49-51-53-55-57-59-61-63-65-67-74(79)85-72(71-84-76(75(80)81)82-69-68-77(3,4)5)70-83-73(78)66-64-62-60-58-56-54-52-50-48-46-44-42-40-33-31-29-27-25-23-21-19-17-15-13-11-9-7-2/h8-11,14-17,20-23,26-29,32-34,40,72,76H,6-7,12-13,18-19,24-25,30-31,35-39,41-71H2,1-5H3/b10-8-,11-9-,16-14-,17-15-,22-20-,23-21-,28-26-,29-27-,34-32-,40-33-. The maximum atomic E-state index is 12.9. The Kier molecular flexibility index (Phi) is 62.3. The fourth-order valence-corrected chi connectivity index (χ4v) is 9.47. The largest absolute Gasteiger partial charge is 0.545 e. The Bertz CT molecular complexity index is 1810. The van der Waals surface area contributed by atoms with Crippen LogP contribution < -0.4 is 5.11 Å². The van der Waals surface area contributed by atoms with Gasteiger partial charge in [0.2, 0.25) is 0 Å². The maximum absolute atomic E-state index is 12.9. The molecular formula is C76H129NO8. The summed E-state index contributed by atoms with van der Waals surface area (Å²) in [4.78, 5) is 37.5. The summed E-state index contributed by atoms with van der Waals surface area (Å²) in [5, 5.41) is 11.8. The van der Waals surface area contributed by atoms with Gasteiger partial charge in [0.05, 0.1) is 40.3 Å². The highest BCUT2D eigenvalue weighted by atomic mass is 16.7. The molecular weight excluding hydrogens is 1050 g/mol. The number of carboxylic acid groups (broad SMARTS) is 1. The zero-order valence-electron chi connectivity index (χ0n) is 55.4. The predicted molar refractivity (Wildman–Crippen MR) is 361 cm³/mol. The van der Waals surface area contributed by atoms with Crippen molar-refractivity contribution in [1.82, 2.24) is 0 Å². The van der Waals surface area contributed by atoms with Gasteiger partial charge in [0.1, 0.15) is 13.2 Å². The van der Waals surface area contributed by atoms with Crippen molar-refractivity contribution in [3.63, 3.8) is 0 Å². The van der Waals surface area contributed by atoms with Gasteiger partial charge in [0, 0.05) is 12.8 Å². The van der Waals surface area contributed by atoms with E-state index in [9.17, 15) is 19.5 Å². The summed E-state index contributed by atoms with van der Waals surface area (Å²) in [6.45, 7) is 4.53. The SMILES string of the molecule is CC/C=C\C/C=C\C/C=C\C/C=C\C/C=C\CCCCCCCCCCCCCCCCCCCC(=O)OC(COC(=O)CCCCCCCCCCCCC/C=C\C/C=C\C/C=C\C/C=C\C/C=C\CC)COC(OCC[N+](C)(C)C)C(=O)[O-]. The molecule has 0 aliphatic heterocycles. The van der Waals surface area contributed by atoms with Gasteiger partial charge < -0.3 is 33.3 Å². The van der Waals surface area contributed by atoms with E-state index in [2.05, 4.69) is 135 Å². The number of hydrogen-bond donors (Lipinski definition) is 0. The lowest BCUT2D eigenvalue weighted by Crippen LogP contribution is -2.44. The molecule has 0 amide bonds. The number of nitrogens with zero attached hydrogens (tertiary/aromatic N) is 1. The number of ether oxygens (including phenoxy) is 4. The van der Waals surface area contributed by atoms with Crippen molar-refractivity contribution >= 4 is 17.9 Å². The van der Waals surface area contributed by atoms with Gasteiger partial charge in [0.25, 0.3) is 0 Å². The van der Waals surface area contributed by atoms with Crippen LogP contribution in [0.2, 0.25) is 0 Å². The number of esters is 2. The van der Waals surface area contributed by atoms with Crippen LogP contribution in [0.25, 0.3) is 0 Å². The molecule has 0 saturated heterocycles. The highest BCUT2D eigenvalue weighted by Gasteiger charge is 2.22. The van der Waals surface area contributed by atoms with Crippen LogP contribution >= 0.6 is 0 Å². The number of carboxylic acids is 1. The van der Waals surface area contributed by atoms with E-state index in [0.29, 0.717) is 17.4 Å². The van der Waals surface area contributed by atoms with Crippen LogP contribution in [0.4, 0.5) is 0 Å². The quantitative estimate of drug-likeness (QED) is 0.0195. The van der Waals surface area contributed by atoms with Crippen molar-refractivity contribution in [1.29, 1.82) is 0 Å². The van der Waals surface area contributed by atoms with Gasteiger partial charge in [-0.1, -0.05) is 289 Å². The van der Waals surface area contributed by atoms with Crippen molar-refractivity contribution in [2.24, 2.45) is 0 Å². The van der Waals surface area contributed by atoms with Gasteiger partial charge in [0.15, 0.2) is 12.4 Å². The smallest absolute Gasteiger partial charge is 0.306 e. The number of quaternary nitrogens is 1. The van der Waals surface area contributed by atoms with Crippen LogP contribution in [0.1, 0.15) is 284 Å². The third-order valence-electron chi connectivity index (χ3n) is 14.7. The minimum absolute atomic E-state index is 0.143. The first-order chi connectivity index (χ1) is 41.6. The second-order valence-electron chi connectivity index (χ2n) is 24.1. The molecule has 0 saturated carbocycles. The second kappa shape index (κ2) is 65.7. The molecule has 9 nitrogen and oxygen atoms in total. The third kappa shape index (κ3) is 67.1. The van der Waals surface area contributed by atoms with Crippen molar-refractivity contribution in [2.75, 3.05) is 47.5 Å². The maximum Gasteiger partial charge on any atom is 0.306 e. The normalized spacial score (nSPS) is 13.5. The summed E-state index contributed by atoms with van der Waals surface area (Å²) in [5.41, 5.74) is 0. The lowest BCUT2D eigenvalue weighted by Gasteiger charge is -2.26. The molecule has 0 fully saturated rings. The molecule has 0 rings (SSSR count). The fraction of sp³-hybridized carbons (Fsp3) is 0.697. The number of allylic oxidation sites excluding steroid dienone is 20. The van der Waals surface area contributed by atoms with Crippen molar-refractivity contribution in [3.8, 4) is 0 Å². The Balaban J connectivity index is 4.12. The molecule has 0 aromatic carbocycles. The average molecular weight is 1180 g/mol. The van der Waals surface area contributed by atoms with Crippen LogP contribution in [-0.2, 0) is 33.3 Å². The third-order valence-corrected chi connectivity index (χ3v) is 14.7. The summed E-state index contributed by atoms with van der Waals surface area (Å²) in [7, 11) is 5.93. The highest BCUT2D eigenvalue weighted by Crippen LogP contribution is 2.17. The molecule has 0 N–H and O–H groups in total. The van der Waals surface area contributed by atoms with Gasteiger partial charge in [-0.25, -0.2) is 0 Å². The molecule has 486 valence electrons. The summed E-state index contributed by atoms with van der Waals surface area (Å²) in [6.07, 6.45) is 89.9. The Morgan fingerprint density at radius 1 is 0.353 bits per heavy atom. The van der Waals surface area contributed by atoms with Crippen molar-refractivity contribution in [3.05, 3.63) is 122 Å². The van der Waals surface area contributed by atoms with E-state index in [1.165, 1.54) is 148 Å². The van der Waals surface area contributed by atoms with E-state index in [-0.39, 0.29) is 38.6 Å². The Hall–Kier alpha value is -4.31. The predicted octanol–water partition coefficient (Wildman–Crippen LogP) is 20.2. The molecule has 0 radical (unpaired) electrons. The first-order valence-electron chi connectivity index (χ1n) is 34.7. The van der Waals surface area contributed by atoms with E-state index in [1.807, 2.05) is 21.1 Å². The highest BCUT2D eigenvalue weighted by molar-refractivity contribution is 5.70. The van der Waals surface area contributed by atoms with Gasteiger partial charge in [-0.15, -0.1) is 0 Å². The molecule has 0 aromatic heterocycles. The molecule has 9 heteroatoms. The number of hydrogen-bond acceptors (Lipinski definition) is 8. The molecule has 0 aliphatic rings. The minimum atomic E-state index is -1.63. The number of carbonyl (C=O) groups is 3. The molecule has 0 heterocycles. The first kappa shape index (κ1) is 80.7. The zero-order valence-corrected chi connectivity index (χ0v) is 55.4. The van der Waals surface area contributed by atoms with Gasteiger partial charge in [-0.3, -0.25) is 9.59 Å². The van der Waals surface area contributed by atoms with Crippen molar-refractivity contribution < 1.29 is 42.9 Å². The summed E-state index contributed by atoms with van der Waals surface area (Å²) >= 11 is 0. The van der Waals surface area contributed by atoms with Crippen molar-refractivity contribution in [2.45, 2.75) is 296 Å². The van der Waals surface area contributed by atoms with E-state index >= 15 is 0 Å². The monoisotopic (exact) mass is 1180 g/mol. The first-order valence-corrected chi connectivity index (χ1v) is 34.7. The van der Waals surface area contributed by atoms with E-state index in [4.69, 9.17) is 18.9 Å². The number of carbonyl (C=O) groups excluding carboxylic acids is 3. The van der Waals surface area contributed by atoms with Crippen LogP contribution in [0.5, 0.6) is 0 Å².